The number of anilines is 4. The summed E-state index contributed by atoms with van der Waals surface area (Å²) < 4.78 is 50.4. The number of carbonyl (C=O) groups excluding carboxylic acids is 2. The average Bonchev–Trinajstić information content (AvgIpc) is 3.12. The molecule has 2 aromatic carbocycles. The van der Waals surface area contributed by atoms with Gasteiger partial charge in [-0.15, -0.1) is 0 Å². The highest BCUT2D eigenvalue weighted by molar-refractivity contribution is 7.92. The molecule has 56 heavy (non-hydrogen) atoms. The number of aromatic nitrogens is 4. The molecule has 20 heteroatoms. The van der Waals surface area contributed by atoms with E-state index in [9.17, 15) is 26.4 Å². The molecule has 4 heterocycles. The number of nitrogens with zero attached hydrogens (tertiary/aromatic N) is 4. The Morgan fingerprint density at radius 1 is 0.661 bits per heavy atom. The van der Waals surface area contributed by atoms with Crippen molar-refractivity contribution in [3.63, 3.8) is 0 Å². The second-order valence-electron chi connectivity index (χ2n) is 12.4. The van der Waals surface area contributed by atoms with Crippen LogP contribution in [0.25, 0.3) is 21.8 Å². The van der Waals surface area contributed by atoms with Gasteiger partial charge in [0.1, 0.15) is 0 Å². The summed E-state index contributed by atoms with van der Waals surface area (Å²) in [6.07, 6.45) is 8.94. The topological polar surface area (TPSA) is 230 Å². The number of rotatable bonds is 11. The van der Waals surface area contributed by atoms with Gasteiger partial charge in [-0.1, -0.05) is 53.3 Å². The lowest BCUT2D eigenvalue weighted by Crippen LogP contribution is -2.16. The minimum Gasteiger partial charge on any atom is -0.365 e. The minimum atomic E-state index is -3.61. The molecule has 292 valence electrons. The molecule has 6 rings (SSSR count). The molecule has 6 aromatic rings. The zero-order valence-electron chi connectivity index (χ0n) is 29.6. The van der Waals surface area contributed by atoms with Crippen molar-refractivity contribution < 1.29 is 26.4 Å². The maximum absolute atomic E-state index is 12.6. The SMILES string of the molecule is CC(C)S(=O)(=O)c1cc(Cl)c2ncc(C(N)=O)c(Nc3cncc(Cl)c3)c2c1.CCCS(=O)(=O)c1cc(Cl)c2ncc(C(N)=O)c(Nc3cncc(Cl)c3)c2c1. The molecule has 0 saturated heterocycles. The Bertz CT molecular complexity index is 2760. The molecule has 0 aliphatic heterocycles. The fourth-order valence-corrected chi connectivity index (χ4v) is 8.85. The number of hydrogen-bond donors (Lipinski definition) is 4. The van der Waals surface area contributed by atoms with Crippen LogP contribution in [-0.4, -0.2) is 59.6 Å². The Hall–Kier alpha value is -4.84. The van der Waals surface area contributed by atoms with Crippen molar-refractivity contribution >= 4 is 122 Å². The van der Waals surface area contributed by atoms with Crippen LogP contribution in [-0.2, 0) is 19.7 Å². The van der Waals surface area contributed by atoms with Gasteiger partial charge in [0.15, 0.2) is 19.7 Å². The summed E-state index contributed by atoms with van der Waals surface area (Å²) >= 11 is 24.5. The molecule has 0 radical (unpaired) electrons. The lowest BCUT2D eigenvalue weighted by molar-refractivity contribution is 0.0992. The maximum Gasteiger partial charge on any atom is 0.252 e. The molecule has 0 fully saturated rings. The number of nitrogens with one attached hydrogen (secondary N) is 2. The van der Waals surface area contributed by atoms with Crippen molar-refractivity contribution in [1.82, 2.24) is 19.9 Å². The zero-order valence-corrected chi connectivity index (χ0v) is 34.3. The molecule has 0 saturated carbocycles. The molecule has 14 nitrogen and oxygen atoms in total. The zero-order chi connectivity index (χ0) is 41.1. The first kappa shape index (κ1) is 42.3. The number of sulfone groups is 2. The van der Waals surface area contributed by atoms with Crippen LogP contribution in [0.1, 0.15) is 47.9 Å². The number of halogens is 4. The van der Waals surface area contributed by atoms with Crippen molar-refractivity contribution in [3.05, 3.63) is 105 Å². The number of fused-ring (bicyclic) bond motifs is 2. The minimum absolute atomic E-state index is 0.0238. The Morgan fingerprint density at radius 2 is 1.09 bits per heavy atom. The second-order valence-corrected chi connectivity index (χ2v) is 18.7. The monoisotopic (exact) mass is 876 g/mol. The van der Waals surface area contributed by atoms with E-state index >= 15 is 0 Å². The summed E-state index contributed by atoms with van der Waals surface area (Å²) in [6.45, 7) is 4.91. The Balaban J connectivity index is 0.000000214. The van der Waals surface area contributed by atoms with Gasteiger partial charge in [-0.05, 0) is 56.7 Å². The lowest BCUT2D eigenvalue weighted by atomic mass is 10.1. The highest BCUT2D eigenvalue weighted by atomic mass is 35.5. The molecule has 0 unspecified atom stereocenters. The van der Waals surface area contributed by atoms with E-state index in [1.807, 2.05) is 0 Å². The highest BCUT2D eigenvalue weighted by Crippen LogP contribution is 2.37. The molecule has 2 amide bonds. The van der Waals surface area contributed by atoms with Crippen LogP contribution in [0, 0.1) is 0 Å². The standard InChI is InChI=1S/2C18H16Cl2N4O3S/c1-9(2)28(26,27)12-4-13-16(24-11-3-10(19)6-22-7-11)14(18(21)25)8-23-17(13)15(20)5-12;1-2-3-28(26,27)12-5-13-16(24-11-4-10(19)7-22-8-11)14(18(21)25)9-23-17(13)15(20)6-12/h3-9H,1-2H3,(H2,21,25)(H,23,24);4-9H,2-3H2,1H3,(H2,21,25)(H,23,24). The fourth-order valence-electron chi connectivity index (χ4n) is 5.36. The maximum atomic E-state index is 12.6. The third-order valence-electron chi connectivity index (χ3n) is 8.06. The molecular formula is C36H32Cl4N8O6S2. The van der Waals surface area contributed by atoms with Gasteiger partial charge in [0, 0.05) is 35.6 Å². The van der Waals surface area contributed by atoms with Crippen molar-refractivity contribution in [1.29, 1.82) is 0 Å². The van der Waals surface area contributed by atoms with E-state index in [0.717, 1.165) is 0 Å². The van der Waals surface area contributed by atoms with E-state index < -0.39 is 36.7 Å². The van der Waals surface area contributed by atoms with Crippen molar-refractivity contribution in [3.8, 4) is 0 Å². The number of amides is 2. The van der Waals surface area contributed by atoms with Crippen LogP contribution >= 0.6 is 46.4 Å². The summed E-state index contributed by atoms with van der Waals surface area (Å²) in [4.78, 5) is 40.3. The Kier molecular flexibility index (Phi) is 12.9. The number of pyridine rings is 4. The predicted molar refractivity (Wildman–Crippen MR) is 220 cm³/mol. The van der Waals surface area contributed by atoms with Crippen LogP contribution in [0.3, 0.4) is 0 Å². The normalized spacial score (nSPS) is 11.6. The summed E-state index contributed by atoms with van der Waals surface area (Å²) in [5, 5.41) is 7.15. The molecule has 0 aliphatic rings. The highest BCUT2D eigenvalue weighted by Gasteiger charge is 2.24. The van der Waals surface area contributed by atoms with Gasteiger partial charge in [-0.3, -0.25) is 29.5 Å². The molecule has 4 aromatic heterocycles. The van der Waals surface area contributed by atoms with E-state index in [0.29, 0.717) is 49.6 Å². The van der Waals surface area contributed by atoms with E-state index in [1.54, 1.807) is 32.9 Å². The van der Waals surface area contributed by atoms with Crippen LogP contribution in [0.5, 0.6) is 0 Å². The van der Waals surface area contributed by atoms with Crippen LogP contribution in [0.4, 0.5) is 22.7 Å². The van der Waals surface area contributed by atoms with Crippen molar-refractivity contribution in [2.24, 2.45) is 11.5 Å². The number of primary amides is 2. The summed E-state index contributed by atoms with van der Waals surface area (Å²) in [5.74, 6) is -1.50. The van der Waals surface area contributed by atoms with Crippen molar-refractivity contribution in [2.75, 3.05) is 16.4 Å². The van der Waals surface area contributed by atoms with Gasteiger partial charge in [-0.2, -0.15) is 0 Å². The lowest BCUT2D eigenvalue weighted by Gasteiger charge is -2.16. The summed E-state index contributed by atoms with van der Waals surface area (Å²) in [5.41, 5.74) is 13.3. The summed E-state index contributed by atoms with van der Waals surface area (Å²) in [6, 6.07) is 8.77. The average molecular weight is 879 g/mol. The first-order valence-electron chi connectivity index (χ1n) is 16.4. The first-order chi connectivity index (χ1) is 26.3. The fraction of sp³-hybridized carbons (Fsp3) is 0.167. The van der Waals surface area contributed by atoms with E-state index in [-0.39, 0.29) is 48.1 Å². The smallest absolute Gasteiger partial charge is 0.252 e. The van der Waals surface area contributed by atoms with Crippen LogP contribution in [0.2, 0.25) is 20.1 Å². The Labute approximate surface area is 341 Å². The van der Waals surface area contributed by atoms with Gasteiger partial charge in [0.25, 0.3) is 11.8 Å². The number of benzene rings is 2. The molecule has 0 atom stereocenters. The van der Waals surface area contributed by atoms with E-state index in [1.165, 1.54) is 61.4 Å². The predicted octanol–water partition coefficient (Wildman–Crippen LogP) is 7.92. The van der Waals surface area contributed by atoms with Gasteiger partial charge in [0.2, 0.25) is 0 Å². The molecule has 6 N–H and O–H groups in total. The van der Waals surface area contributed by atoms with Crippen molar-refractivity contribution in [2.45, 2.75) is 42.2 Å². The van der Waals surface area contributed by atoms with Crippen LogP contribution in [0.15, 0.2) is 83.4 Å². The molecular weight excluding hydrogens is 846 g/mol. The van der Waals surface area contributed by atoms with Gasteiger partial charge < -0.3 is 22.1 Å². The second kappa shape index (κ2) is 17.1. The van der Waals surface area contributed by atoms with Gasteiger partial charge >= 0.3 is 0 Å². The Morgan fingerprint density at radius 3 is 1.48 bits per heavy atom. The molecule has 0 spiro atoms. The largest absolute Gasteiger partial charge is 0.365 e. The third-order valence-corrected chi connectivity index (χ3v) is 13.1. The first-order valence-corrected chi connectivity index (χ1v) is 21.1. The number of carbonyl (C=O) groups is 2. The van der Waals surface area contributed by atoms with E-state index in [2.05, 4.69) is 30.6 Å². The quantitative estimate of drug-likeness (QED) is 0.0973. The van der Waals surface area contributed by atoms with Gasteiger partial charge in [-0.25, -0.2) is 16.8 Å². The molecule has 0 aliphatic carbocycles. The summed E-state index contributed by atoms with van der Waals surface area (Å²) in [7, 11) is -7.15. The third kappa shape index (κ3) is 9.23. The number of hydrogen-bond acceptors (Lipinski definition) is 12. The van der Waals surface area contributed by atoms with Gasteiger partial charge in [0.05, 0.1) is 98.2 Å². The van der Waals surface area contributed by atoms with Crippen LogP contribution < -0.4 is 22.1 Å². The van der Waals surface area contributed by atoms with E-state index in [4.69, 9.17) is 57.9 Å². The number of nitrogens with two attached hydrogens (primary N) is 2. The molecule has 0 bridgehead atoms.